The van der Waals surface area contributed by atoms with Gasteiger partial charge >= 0.3 is 5.97 Å². The standard InChI is InChI=1S/C35H37NO4/c1-24-9-12-27-13-14-29-23-28(26-7-5-4-6-8-26)15-18-31(29)34(32(27)21-24)36(2)19-20-40-30-16-10-25(11-17-30)22-33(39-3)35(37)38/h4-12,15-18,21,23,33-34H,13-14,19-20,22H2,1-3H3,(H,37,38). The van der Waals surface area contributed by atoms with Crippen LogP contribution in [0.4, 0.5) is 0 Å². The second kappa shape index (κ2) is 12.5. The fourth-order valence-corrected chi connectivity index (χ4v) is 5.65. The summed E-state index contributed by atoms with van der Waals surface area (Å²) in [4.78, 5) is 13.7. The van der Waals surface area contributed by atoms with Gasteiger partial charge in [-0.1, -0.05) is 84.4 Å². The summed E-state index contributed by atoms with van der Waals surface area (Å²) in [5, 5.41) is 9.23. The van der Waals surface area contributed by atoms with E-state index in [1.807, 2.05) is 24.3 Å². The van der Waals surface area contributed by atoms with E-state index in [1.54, 1.807) is 0 Å². The lowest BCUT2D eigenvalue weighted by atomic mass is 9.90. The van der Waals surface area contributed by atoms with Crippen LogP contribution in [0.1, 0.15) is 39.4 Å². The van der Waals surface area contributed by atoms with Crippen LogP contribution in [0.5, 0.6) is 5.75 Å². The van der Waals surface area contributed by atoms with Crippen LogP contribution in [0.3, 0.4) is 0 Å². The molecule has 0 aliphatic heterocycles. The normalized spacial score (nSPS) is 15.2. The molecule has 5 heteroatoms. The quantitative estimate of drug-likeness (QED) is 0.251. The van der Waals surface area contributed by atoms with Gasteiger partial charge in [0.05, 0.1) is 6.04 Å². The van der Waals surface area contributed by atoms with Gasteiger partial charge in [-0.2, -0.15) is 0 Å². The van der Waals surface area contributed by atoms with E-state index in [9.17, 15) is 9.90 Å². The lowest BCUT2D eigenvalue weighted by Gasteiger charge is -2.31. The van der Waals surface area contributed by atoms with Crippen molar-refractivity contribution in [2.24, 2.45) is 0 Å². The summed E-state index contributed by atoms with van der Waals surface area (Å²) in [7, 11) is 3.60. The number of carboxylic acids is 1. The number of benzene rings is 4. The van der Waals surface area contributed by atoms with Gasteiger partial charge < -0.3 is 14.6 Å². The van der Waals surface area contributed by atoms with E-state index in [0.29, 0.717) is 13.0 Å². The highest BCUT2D eigenvalue weighted by Gasteiger charge is 2.27. The highest BCUT2D eigenvalue weighted by Crippen LogP contribution is 2.38. The number of hydrogen-bond donors (Lipinski definition) is 1. The van der Waals surface area contributed by atoms with Crippen LogP contribution in [0.15, 0.2) is 91.0 Å². The van der Waals surface area contributed by atoms with Crippen LogP contribution >= 0.6 is 0 Å². The minimum Gasteiger partial charge on any atom is -0.492 e. The molecular formula is C35H37NO4. The molecule has 1 aliphatic rings. The van der Waals surface area contributed by atoms with Crippen molar-refractivity contribution in [2.45, 2.75) is 38.3 Å². The molecule has 0 bridgehead atoms. The van der Waals surface area contributed by atoms with Crippen molar-refractivity contribution in [1.29, 1.82) is 0 Å². The first-order valence-corrected chi connectivity index (χ1v) is 13.9. The number of aryl methyl sites for hydroxylation is 3. The Balaban J connectivity index is 1.33. The van der Waals surface area contributed by atoms with Gasteiger partial charge in [-0.15, -0.1) is 0 Å². The van der Waals surface area contributed by atoms with Gasteiger partial charge in [-0.3, -0.25) is 4.90 Å². The minimum atomic E-state index is -0.959. The molecule has 2 unspecified atom stereocenters. The molecule has 0 amide bonds. The fourth-order valence-electron chi connectivity index (χ4n) is 5.65. The molecule has 40 heavy (non-hydrogen) atoms. The number of ether oxygens (including phenoxy) is 2. The molecule has 1 N–H and O–H groups in total. The molecule has 4 aromatic carbocycles. The third kappa shape index (κ3) is 6.27. The first-order chi connectivity index (χ1) is 19.4. The molecule has 0 radical (unpaired) electrons. The van der Waals surface area contributed by atoms with Crippen LogP contribution in [-0.2, 0) is 28.8 Å². The first kappa shape index (κ1) is 27.6. The van der Waals surface area contributed by atoms with E-state index < -0.39 is 12.1 Å². The van der Waals surface area contributed by atoms with Crippen molar-refractivity contribution in [3.8, 4) is 16.9 Å². The number of likely N-dealkylation sites (N-methyl/N-ethyl adjacent to an activating group) is 1. The summed E-state index contributed by atoms with van der Waals surface area (Å²) in [6.45, 7) is 3.46. The topological polar surface area (TPSA) is 59.0 Å². The Hall–Kier alpha value is -3.93. The van der Waals surface area contributed by atoms with Gasteiger partial charge in [0.2, 0.25) is 0 Å². The monoisotopic (exact) mass is 535 g/mol. The van der Waals surface area contributed by atoms with Crippen molar-refractivity contribution >= 4 is 5.97 Å². The van der Waals surface area contributed by atoms with Crippen LogP contribution in [0, 0.1) is 6.92 Å². The van der Waals surface area contributed by atoms with Crippen molar-refractivity contribution in [3.05, 3.63) is 124 Å². The molecule has 0 saturated heterocycles. The molecule has 0 fully saturated rings. The highest BCUT2D eigenvalue weighted by molar-refractivity contribution is 5.72. The van der Waals surface area contributed by atoms with E-state index >= 15 is 0 Å². The molecular weight excluding hydrogens is 498 g/mol. The third-order valence-electron chi connectivity index (χ3n) is 7.86. The molecule has 0 spiro atoms. The maximum Gasteiger partial charge on any atom is 0.333 e. The average Bonchev–Trinajstić information content (AvgIpc) is 3.13. The molecule has 2 atom stereocenters. The predicted octanol–water partition coefficient (Wildman–Crippen LogP) is 6.50. The first-order valence-electron chi connectivity index (χ1n) is 13.9. The zero-order valence-electron chi connectivity index (χ0n) is 23.5. The molecule has 4 aromatic rings. The van der Waals surface area contributed by atoms with Gasteiger partial charge in [0.15, 0.2) is 6.10 Å². The van der Waals surface area contributed by atoms with E-state index in [-0.39, 0.29) is 6.04 Å². The van der Waals surface area contributed by atoms with Crippen molar-refractivity contribution < 1.29 is 19.4 Å². The predicted molar refractivity (Wildman–Crippen MR) is 159 cm³/mol. The van der Waals surface area contributed by atoms with Crippen molar-refractivity contribution in [3.63, 3.8) is 0 Å². The molecule has 5 nitrogen and oxygen atoms in total. The molecule has 0 saturated carbocycles. The van der Waals surface area contributed by atoms with Crippen molar-refractivity contribution in [2.75, 3.05) is 27.3 Å². The van der Waals surface area contributed by atoms with Crippen LogP contribution in [0.25, 0.3) is 11.1 Å². The Morgan fingerprint density at radius 3 is 2.38 bits per heavy atom. The number of methoxy groups -OCH3 is 1. The van der Waals surface area contributed by atoms with Crippen LogP contribution in [-0.4, -0.2) is 49.4 Å². The van der Waals surface area contributed by atoms with Gasteiger partial charge in [0, 0.05) is 20.1 Å². The van der Waals surface area contributed by atoms with E-state index in [0.717, 1.165) is 30.7 Å². The van der Waals surface area contributed by atoms with E-state index in [1.165, 1.54) is 46.1 Å². The lowest BCUT2D eigenvalue weighted by Crippen LogP contribution is -2.30. The summed E-state index contributed by atoms with van der Waals surface area (Å²) < 4.78 is 11.2. The van der Waals surface area contributed by atoms with Crippen LogP contribution in [0.2, 0.25) is 0 Å². The third-order valence-corrected chi connectivity index (χ3v) is 7.86. The highest BCUT2D eigenvalue weighted by atomic mass is 16.5. The number of rotatable bonds is 10. The Labute approximate surface area is 237 Å². The number of nitrogens with zero attached hydrogens (tertiary/aromatic N) is 1. The largest absolute Gasteiger partial charge is 0.492 e. The summed E-state index contributed by atoms with van der Waals surface area (Å²) in [5.41, 5.74) is 10.2. The molecule has 5 rings (SSSR count). The maximum absolute atomic E-state index is 11.3. The van der Waals surface area contributed by atoms with E-state index in [2.05, 4.69) is 85.6 Å². The summed E-state index contributed by atoms with van der Waals surface area (Å²) >= 11 is 0. The molecule has 206 valence electrons. The Kier molecular flexibility index (Phi) is 8.63. The van der Waals surface area contributed by atoms with Gasteiger partial charge in [-0.05, 0) is 77.9 Å². The fraction of sp³-hybridized carbons (Fsp3) is 0.286. The van der Waals surface area contributed by atoms with Gasteiger partial charge in [0.25, 0.3) is 0 Å². The Bertz CT molecular complexity index is 1450. The second-order valence-electron chi connectivity index (χ2n) is 10.6. The lowest BCUT2D eigenvalue weighted by molar-refractivity contribution is -0.148. The van der Waals surface area contributed by atoms with Gasteiger partial charge in [0.1, 0.15) is 12.4 Å². The Morgan fingerprint density at radius 1 is 0.900 bits per heavy atom. The SMILES string of the molecule is COC(Cc1ccc(OCCN(C)C2c3ccc(-c4ccccc4)cc3CCc3ccc(C)cc32)cc1)C(=O)O. The Morgan fingerprint density at radius 2 is 1.65 bits per heavy atom. The maximum atomic E-state index is 11.3. The zero-order chi connectivity index (χ0) is 28.1. The zero-order valence-corrected chi connectivity index (χ0v) is 23.5. The van der Waals surface area contributed by atoms with Crippen molar-refractivity contribution in [1.82, 2.24) is 4.90 Å². The second-order valence-corrected chi connectivity index (χ2v) is 10.6. The summed E-state index contributed by atoms with van der Waals surface area (Å²) in [6, 6.07) is 32.2. The number of fused-ring (bicyclic) bond motifs is 2. The minimum absolute atomic E-state index is 0.144. The molecule has 0 heterocycles. The number of carbonyl (C=O) groups is 1. The average molecular weight is 536 g/mol. The van der Waals surface area contributed by atoms with Gasteiger partial charge in [-0.25, -0.2) is 4.79 Å². The van der Waals surface area contributed by atoms with E-state index in [4.69, 9.17) is 9.47 Å². The summed E-state index contributed by atoms with van der Waals surface area (Å²) in [6.07, 6.45) is 1.52. The smallest absolute Gasteiger partial charge is 0.333 e. The number of carboxylic acid groups (broad SMARTS) is 1. The molecule has 1 aliphatic carbocycles. The summed E-state index contributed by atoms with van der Waals surface area (Å²) in [5.74, 6) is -0.189. The molecule has 0 aromatic heterocycles. The van der Waals surface area contributed by atoms with Crippen LogP contribution < -0.4 is 4.74 Å². The number of aliphatic carboxylic acids is 1. The number of hydrogen-bond acceptors (Lipinski definition) is 4.